The van der Waals surface area contributed by atoms with Crippen molar-refractivity contribution in [2.24, 2.45) is 0 Å². The maximum atomic E-state index is 12.3. The first-order valence-electron chi connectivity index (χ1n) is 11.9. The summed E-state index contributed by atoms with van der Waals surface area (Å²) in [4.78, 5) is 28.0. The summed E-state index contributed by atoms with van der Waals surface area (Å²) in [6.45, 7) is 13.5. The molecule has 3 heterocycles. The first kappa shape index (κ1) is 24.0. The number of carbonyl (C=O) groups excluding carboxylic acids is 2. The zero-order valence-electron chi connectivity index (χ0n) is 20.6. The van der Waals surface area contributed by atoms with Gasteiger partial charge in [-0.15, -0.1) is 5.10 Å². The second-order valence-electron chi connectivity index (χ2n) is 9.58. The van der Waals surface area contributed by atoms with Crippen LogP contribution in [-0.2, 0) is 16.1 Å². The molecule has 184 valence electrons. The molecule has 0 aliphatic carbocycles. The van der Waals surface area contributed by atoms with Crippen LogP contribution in [-0.4, -0.2) is 70.3 Å². The largest absolute Gasteiger partial charge is 0.447 e. The Morgan fingerprint density at radius 3 is 2.76 bits per heavy atom. The highest BCUT2D eigenvalue weighted by Gasteiger charge is 2.30. The summed E-state index contributed by atoms with van der Waals surface area (Å²) < 4.78 is 11.2. The normalized spacial score (nSPS) is 21.1. The van der Waals surface area contributed by atoms with Crippen LogP contribution in [0.4, 0.5) is 16.5 Å². The highest BCUT2D eigenvalue weighted by Crippen LogP contribution is 2.28. The van der Waals surface area contributed by atoms with Crippen LogP contribution in [0.25, 0.3) is 0 Å². The standard InChI is InChI=1S/C24H34N6O4/c1-14(2)33-24(32)30-7-6-29(12-16(30)4)13-19-8-15(3)9-20(17(19)5)26-23-28-27-22(34-23)18-10-21(31)25-11-18/h8-9,14,16,18H,6-7,10-13H2,1-5H3,(H,25,31)(H,26,28)/t16-,18-/m0/s1. The molecule has 2 aliphatic rings. The molecular formula is C24H34N6O4. The van der Waals surface area contributed by atoms with Crippen LogP contribution in [0, 0.1) is 13.8 Å². The minimum Gasteiger partial charge on any atom is -0.447 e. The molecule has 2 fully saturated rings. The predicted molar refractivity (Wildman–Crippen MR) is 127 cm³/mol. The molecular weight excluding hydrogens is 436 g/mol. The van der Waals surface area contributed by atoms with E-state index in [0.29, 0.717) is 31.4 Å². The summed E-state index contributed by atoms with van der Waals surface area (Å²) in [6.07, 6.45) is 0.0127. The summed E-state index contributed by atoms with van der Waals surface area (Å²) in [7, 11) is 0. The molecule has 2 saturated heterocycles. The molecule has 34 heavy (non-hydrogen) atoms. The number of piperazine rings is 1. The molecule has 2 atom stereocenters. The Bertz CT molecular complexity index is 1050. The lowest BCUT2D eigenvalue weighted by Gasteiger charge is -2.39. The van der Waals surface area contributed by atoms with Gasteiger partial charge in [0, 0.05) is 50.9 Å². The van der Waals surface area contributed by atoms with Gasteiger partial charge in [-0.05, 0) is 57.4 Å². The third kappa shape index (κ3) is 5.49. The van der Waals surface area contributed by atoms with Crippen molar-refractivity contribution < 1.29 is 18.7 Å². The molecule has 0 spiro atoms. The molecule has 0 bridgehead atoms. The van der Waals surface area contributed by atoms with E-state index in [1.54, 1.807) is 0 Å². The van der Waals surface area contributed by atoms with E-state index in [9.17, 15) is 9.59 Å². The number of nitrogens with one attached hydrogen (secondary N) is 2. The van der Waals surface area contributed by atoms with Crippen molar-refractivity contribution in [3.05, 3.63) is 34.7 Å². The van der Waals surface area contributed by atoms with E-state index in [1.165, 1.54) is 5.56 Å². The fourth-order valence-corrected chi connectivity index (χ4v) is 4.53. The number of benzene rings is 1. The van der Waals surface area contributed by atoms with Gasteiger partial charge in [-0.2, -0.15) is 0 Å². The molecule has 0 unspecified atom stereocenters. The van der Waals surface area contributed by atoms with E-state index < -0.39 is 0 Å². The second-order valence-corrected chi connectivity index (χ2v) is 9.58. The Labute approximate surface area is 200 Å². The monoisotopic (exact) mass is 470 g/mol. The van der Waals surface area contributed by atoms with E-state index in [4.69, 9.17) is 9.15 Å². The molecule has 2 aromatic rings. The van der Waals surface area contributed by atoms with Gasteiger partial charge in [-0.25, -0.2) is 4.79 Å². The van der Waals surface area contributed by atoms with Crippen LogP contribution in [0.15, 0.2) is 16.5 Å². The number of anilines is 2. The lowest BCUT2D eigenvalue weighted by atomic mass is 10.0. The molecule has 0 saturated carbocycles. The van der Waals surface area contributed by atoms with Gasteiger partial charge < -0.3 is 24.7 Å². The maximum absolute atomic E-state index is 12.3. The van der Waals surface area contributed by atoms with Crippen molar-refractivity contribution in [1.82, 2.24) is 25.3 Å². The number of aryl methyl sites for hydroxylation is 1. The Morgan fingerprint density at radius 2 is 2.09 bits per heavy atom. The van der Waals surface area contributed by atoms with Crippen LogP contribution >= 0.6 is 0 Å². The Kier molecular flexibility index (Phi) is 7.06. The summed E-state index contributed by atoms with van der Waals surface area (Å²) in [5.41, 5.74) is 4.36. The lowest BCUT2D eigenvalue weighted by molar-refractivity contribution is -0.119. The average Bonchev–Trinajstić information content (AvgIpc) is 3.40. The number of rotatable bonds is 6. The van der Waals surface area contributed by atoms with Crippen LogP contribution in [0.3, 0.4) is 0 Å². The van der Waals surface area contributed by atoms with Gasteiger partial charge >= 0.3 is 12.1 Å². The van der Waals surface area contributed by atoms with Crippen LogP contribution in [0.5, 0.6) is 0 Å². The summed E-state index contributed by atoms with van der Waals surface area (Å²) in [5.74, 6) is 0.390. The van der Waals surface area contributed by atoms with Crippen molar-refractivity contribution in [3.63, 3.8) is 0 Å². The first-order valence-corrected chi connectivity index (χ1v) is 11.9. The van der Waals surface area contributed by atoms with Crippen molar-refractivity contribution >= 4 is 23.7 Å². The van der Waals surface area contributed by atoms with Gasteiger partial charge in [0.15, 0.2) is 0 Å². The first-order chi connectivity index (χ1) is 16.2. The predicted octanol–water partition coefficient (Wildman–Crippen LogP) is 3.08. The van der Waals surface area contributed by atoms with Crippen LogP contribution < -0.4 is 10.6 Å². The number of hydrogen-bond donors (Lipinski definition) is 2. The van der Waals surface area contributed by atoms with E-state index >= 15 is 0 Å². The summed E-state index contributed by atoms with van der Waals surface area (Å²) in [6, 6.07) is 4.65. The maximum Gasteiger partial charge on any atom is 0.410 e. The Balaban J connectivity index is 1.42. The van der Waals surface area contributed by atoms with Gasteiger partial charge in [0.05, 0.1) is 12.0 Å². The molecule has 1 aromatic carbocycles. The van der Waals surface area contributed by atoms with E-state index in [1.807, 2.05) is 18.7 Å². The molecule has 2 N–H and O–H groups in total. The Hall–Kier alpha value is -3.14. The number of carbonyl (C=O) groups is 2. The molecule has 2 amide bonds. The third-order valence-corrected chi connectivity index (χ3v) is 6.35. The fourth-order valence-electron chi connectivity index (χ4n) is 4.53. The molecule has 4 rings (SSSR count). The van der Waals surface area contributed by atoms with E-state index in [0.717, 1.165) is 36.4 Å². The van der Waals surface area contributed by atoms with Crippen LogP contribution in [0.1, 0.15) is 55.7 Å². The van der Waals surface area contributed by atoms with Gasteiger partial charge in [-0.1, -0.05) is 11.2 Å². The Morgan fingerprint density at radius 1 is 1.29 bits per heavy atom. The third-order valence-electron chi connectivity index (χ3n) is 6.35. The van der Waals surface area contributed by atoms with Crippen LogP contribution in [0.2, 0.25) is 0 Å². The highest BCUT2D eigenvalue weighted by molar-refractivity contribution is 5.79. The summed E-state index contributed by atoms with van der Waals surface area (Å²) >= 11 is 0. The topological polar surface area (TPSA) is 113 Å². The van der Waals surface area contributed by atoms with Gasteiger partial charge in [0.2, 0.25) is 11.8 Å². The van der Waals surface area contributed by atoms with E-state index in [-0.39, 0.29) is 30.1 Å². The van der Waals surface area contributed by atoms with Gasteiger partial charge in [-0.3, -0.25) is 9.69 Å². The highest BCUT2D eigenvalue weighted by atomic mass is 16.6. The van der Waals surface area contributed by atoms with Gasteiger partial charge in [0.1, 0.15) is 0 Å². The fraction of sp³-hybridized carbons (Fsp3) is 0.583. The SMILES string of the molecule is Cc1cc(CN2CCN(C(=O)OC(C)C)[C@@H](C)C2)c(C)c(Nc2nnc([C@@H]3CNC(=O)C3)o2)c1. The van der Waals surface area contributed by atoms with Gasteiger partial charge in [0.25, 0.3) is 0 Å². The molecule has 1 aromatic heterocycles. The van der Waals surface area contributed by atoms with Crippen molar-refractivity contribution in [2.75, 3.05) is 31.5 Å². The smallest absolute Gasteiger partial charge is 0.410 e. The number of nitrogens with zero attached hydrogens (tertiary/aromatic N) is 4. The minimum absolute atomic E-state index is 0.00356. The number of ether oxygens (including phenoxy) is 1. The average molecular weight is 471 g/mol. The second kappa shape index (κ2) is 10.0. The summed E-state index contributed by atoms with van der Waals surface area (Å²) in [5, 5.41) is 14.3. The van der Waals surface area contributed by atoms with E-state index in [2.05, 4.69) is 58.6 Å². The van der Waals surface area contributed by atoms with Crippen molar-refractivity contribution in [3.8, 4) is 0 Å². The van der Waals surface area contributed by atoms with Crippen molar-refractivity contribution in [1.29, 1.82) is 0 Å². The lowest BCUT2D eigenvalue weighted by Crippen LogP contribution is -2.54. The zero-order chi connectivity index (χ0) is 24.4. The number of aromatic nitrogens is 2. The quantitative estimate of drug-likeness (QED) is 0.662. The zero-order valence-corrected chi connectivity index (χ0v) is 20.6. The number of amides is 2. The molecule has 2 aliphatic heterocycles. The number of hydrogen-bond acceptors (Lipinski definition) is 8. The molecule has 10 nitrogen and oxygen atoms in total. The van der Waals surface area contributed by atoms with Crippen molar-refractivity contribution in [2.45, 2.75) is 65.6 Å². The molecule has 0 radical (unpaired) electrons. The molecule has 10 heteroatoms. The minimum atomic E-state index is -0.239.